The number of carbonyl (C=O) groups is 2. The number of ether oxygens (including phenoxy) is 4. The molecule has 1 heterocycles. The Balaban J connectivity index is 1.51. The number of carbonyl (C=O) groups excluding carboxylic acids is 1. The third kappa shape index (κ3) is 5.25. The number of rotatable bonds is 10. The second-order valence-corrected chi connectivity index (χ2v) is 17.1. The molecule has 0 amide bonds. The van der Waals surface area contributed by atoms with Crippen molar-refractivity contribution in [2.75, 3.05) is 26.9 Å². The Labute approximate surface area is 276 Å². The van der Waals surface area contributed by atoms with Crippen LogP contribution >= 0.6 is 0 Å². The molecule has 1 saturated heterocycles. The summed E-state index contributed by atoms with van der Waals surface area (Å²) in [4.78, 5) is 25.6. The highest BCUT2D eigenvalue weighted by Gasteiger charge is 2.72. The van der Waals surface area contributed by atoms with Gasteiger partial charge in [0, 0.05) is 28.8 Å². The van der Waals surface area contributed by atoms with Crippen LogP contribution < -0.4 is 11.5 Å². The van der Waals surface area contributed by atoms with Gasteiger partial charge in [0.05, 0.1) is 19.3 Å². The van der Waals surface area contributed by atoms with E-state index in [0.29, 0.717) is 38.0 Å². The summed E-state index contributed by atoms with van der Waals surface area (Å²) in [6.45, 7) is 17.6. The lowest BCUT2D eigenvalue weighted by Crippen LogP contribution is -2.70. The zero-order valence-corrected chi connectivity index (χ0v) is 29.7. The monoisotopic (exact) mass is 646 g/mol. The van der Waals surface area contributed by atoms with E-state index in [1.807, 2.05) is 0 Å². The minimum absolute atomic E-state index is 0.150. The molecule has 0 aromatic heterocycles. The van der Waals surface area contributed by atoms with Gasteiger partial charge in [-0.25, -0.2) is 4.79 Å². The lowest BCUT2D eigenvalue weighted by molar-refractivity contribution is -0.266. The first-order valence-electron chi connectivity index (χ1n) is 17.9. The van der Waals surface area contributed by atoms with Crippen LogP contribution in [0.2, 0.25) is 0 Å². The van der Waals surface area contributed by atoms with Gasteiger partial charge in [-0.1, -0.05) is 66.5 Å². The maximum Gasteiger partial charge on any atom is 0.506 e. The number of unbranched alkanes of at least 4 members (excludes halogenated alkanes) is 1. The zero-order valence-electron chi connectivity index (χ0n) is 29.7. The fraction of sp³-hybridized carbons (Fsp3) is 0.892. The van der Waals surface area contributed by atoms with Gasteiger partial charge in [0.25, 0.3) is 0 Å². The lowest BCUT2D eigenvalue weighted by Gasteiger charge is -2.71. The van der Waals surface area contributed by atoms with E-state index in [1.54, 1.807) is 7.11 Å². The maximum atomic E-state index is 13.3. The first-order chi connectivity index (χ1) is 21.6. The van der Waals surface area contributed by atoms with Crippen molar-refractivity contribution < 1.29 is 33.6 Å². The van der Waals surface area contributed by atoms with Crippen LogP contribution in [0.4, 0.5) is 4.79 Å². The Hall–Kier alpha value is -1.68. The Morgan fingerprint density at radius 2 is 1.76 bits per heavy atom. The number of fused-ring (bicyclic) bond motifs is 3. The van der Waals surface area contributed by atoms with Crippen LogP contribution in [-0.4, -0.2) is 68.5 Å². The average Bonchev–Trinajstić information content (AvgIpc) is 3.00. The summed E-state index contributed by atoms with van der Waals surface area (Å²) in [6, 6.07) is -0.686. The molecule has 10 unspecified atom stereocenters. The molecule has 0 aromatic rings. The highest BCUT2D eigenvalue weighted by molar-refractivity contribution is 5.75. The van der Waals surface area contributed by atoms with Crippen LogP contribution in [0, 0.1) is 50.7 Å². The smallest absolute Gasteiger partial charge is 0.458 e. The van der Waals surface area contributed by atoms with E-state index in [4.69, 9.17) is 30.4 Å². The molecule has 4 aliphatic carbocycles. The van der Waals surface area contributed by atoms with Crippen LogP contribution in [0.15, 0.2) is 11.6 Å². The van der Waals surface area contributed by atoms with E-state index in [2.05, 4.69) is 54.5 Å². The Morgan fingerprint density at radius 1 is 1.04 bits per heavy atom. The molecule has 0 radical (unpaired) electrons. The molecule has 1 aliphatic heterocycles. The molecule has 46 heavy (non-hydrogen) atoms. The van der Waals surface area contributed by atoms with E-state index in [1.165, 1.54) is 5.57 Å². The van der Waals surface area contributed by atoms with Crippen molar-refractivity contribution in [2.45, 2.75) is 131 Å². The molecule has 4 fully saturated rings. The van der Waals surface area contributed by atoms with Crippen molar-refractivity contribution in [3.05, 3.63) is 11.6 Å². The summed E-state index contributed by atoms with van der Waals surface area (Å²) in [6.07, 6.45) is 7.71. The minimum Gasteiger partial charge on any atom is -0.458 e. The second-order valence-electron chi connectivity index (χ2n) is 17.1. The van der Waals surface area contributed by atoms with Crippen LogP contribution in [-0.2, 0) is 23.7 Å². The summed E-state index contributed by atoms with van der Waals surface area (Å²) in [5.74, 6) is 0.888. The van der Waals surface area contributed by atoms with Gasteiger partial charge in [0.1, 0.15) is 18.2 Å². The molecule has 0 spiro atoms. The third-order valence-corrected chi connectivity index (χ3v) is 14.7. The quantitative estimate of drug-likeness (QED) is 0.141. The Kier molecular flexibility index (Phi) is 9.79. The van der Waals surface area contributed by atoms with Gasteiger partial charge in [0.15, 0.2) is 0 Å². The standard InChI is InChI=1S/C37H62N2O7/c1-22(2)23(3)33(4)16-17-35(6)24-12-13-28-34(5)20-44-21-37(28,25(24)14-15-36(35,7)31(33)46-32(41)42)19-27(43-8)29(34)45-30(40)26(39)11-9-10-18-38/h14,22-24,26-29,31H,9-13,15-21,38-39H2,1-8H3,(H,41,42)/t23-,24?,26?,27?,28+,29?,31?,33?,34?,35?,36?,37?/m1/s1. The molecule has 2 bridgehead atoms. The van der Waals surface area contributed by atoms with Crippen molar-refractivity contribution in [2.24, 2.45) is 62.2 Å². The summed E-state index contributed by atoms with van der Waals surface area (Å²) in [7, 11) is 1.73. The summed E-state index contributed by atoms with van der Waals surface area (Å²) < 4.78 is 25.0. The third-order valence-electron chi connectivity index (χ3n) is 14.7. The molecule has 0 aromatic carbocycles. The van der Waals surface area contributed by atoms with E-state index in [-0.39, 0.29) is 45.6 Å². The fourth-order valence-electron chi connectivity index (χ4n) is 11.6. The number of hydrogen-bond donors (Lipinski definition) is 3. The molecular formula is C37H62N2O7. The number of esters is 1. The number of nitrogens with two attached hydrogens (primary N) is 2. The minimum atomic E-state index is -1.18. The Bertz CT molecular complexity index is 1190. The second kappa shape index (κ2) is 12.6. The first-order valence-corrected chi connectivity index (χ1v) is 17.9. The molecule has 5 aliphatic rings. The van der Waals surface area contributed by atoms with Crippen LogP contribution in [0.5, 0.6) is 0 Å². The predicted octanol–water partition coefficient (Wildman–Crippen LogP) is 6.32. The highest BCUT2D eigenvalue weighted by Crippen LogP contribution is 2.74. The summed E-state index contributed by atoms with van der Waals surface area (Å²) >= 11 is 0. The van der Waals surface area contributed by atoms with Crippen LogP contribution in [0.1, 0.15) is 106 Å². The molecule has 12 atom stereocenters. The van der Waals surface area contributed by atoms with Gasteiger partial charge in [-0.05, 0) is 87.0 Å². The van der Waals surface area contributed by atoms with Gasteiger partial charge in [-0.15, -0.1) is 0 Å². The summed E-state index contributed by atoms with van der Waals surface area (Å²) in [5.41, 5.74) is 12.0. The molecule has 5 rings (SSSR count). The molecule has 5 N–H and O–H groups in total. The van der Waals surface area contributed by atoms with Gasteiger partial charge in [-0.2, -0.15) is 0 Å². The van der Waals surface area contributed by atoms with E-state index in [0.717, 1.165) is 51.4 Å². The van der Waals surface area contributed by atoms with Gasteiger partial charge in [0.2, 0.25) is 0 Å². The van der Waals surface area contributed by atoms with Crippen LogP contribution in [0.3, 0.4) is 0 Å². The van der Waals surface area contributed by atoms with Gasteiger partial charge in [-0.3, -0.25) is 4.79 Å². The van der Waals surface area contributed by atoms with Crippen LogP contribution in [0.25, 0.3) is 0 Å². The fourth-order valence-corrected chi connectivity index (χ4v) is 11.6. The van der Waals surface area contributed by atoms with E-state index in [9.17, 15) is 14.7 Å². The molecule has 3 saturated carbocycles. The largest absolute Gasteiger partial charge is 0.506 e. The topological polar surface area (TPSA) is 143 Å². The van der Waals surface area contributed by atoms with Crippen molar-refractivity contribution in [1.29, 1.82) is 0 Å². The summed E-state index contributed by atoms with van der Waals surface area (Å²) in [5, 5.41) is 10.1. The maximum absolute atomic E-state index is 13.3. The SMILES string of the molecule is COC1CC23COCC(C)(C1OC(=O)C(N)CCCCN)[C@@H]2CCC1C3=CCC2(C)C(OC(=O)O)C(C)([C@H](C)C(C)C)CCC12C. The molecular weight excluding hydrogens is 584 g/mol. The number of carboxylic acid groups (broad SMARTS) is 1. The van der Waals surface area contributed by atoms with Crippen molar-refractivity contribution in [3.63, 3.8) is 0 Å². The van der Waals surface area contributed by atoms with E-state index < -0.39 is 29.8 Å². The van der Waals surface area contributed by atoms with E-state index >= 15 is 0 Å². The lowest BCUT2D eigenvalue weighted by atomic mass is 9.36. The van der Waals surface area contributed by atoms with Crippen molar-refractivity contribution in [3.8, 4) is 0 Å². The van der Waals surface area contributed by atoms with Crippen molar-refractivity contribution in [1.82, 2.24) is 0 Å². The molecule has 9 heteroatoms. The normalized spacial score (nSPS) is 44.6. The number of methoxy groups -OCH3 is 1. The van der Waals surface area contributed by atoms with Crippen molar-refractivity contribution >= 4 is 12.1 Å². The molecule has 262 valence electrons. The number of allylic oxidation sites excluding steroid dienone is 1. The first kappa shape index (κ1) is 35.6. The number of hydrogen-bond acceptors (Lipinski definition) is 8. The highest BCUT2D eigenvalue weighted by atomic mass is 16.7. The van der Waals surface area contributed by atoms with Gasteiger partial charge < -0.3 is 35.5 Å². The molecule has 9 nitrogen and oxygen atoms in total. The average molecular weight is 647 g/mol. The zero-order chi connectivity index (χ0) is 33.9. The Morgan fingerprint density at radius 3 is 2.39 bits per heavy atom. The van der Waals surface area contributed by atoms with Gasteiger partial charge >= 0.3 is 12.1 Å². The predicted molar refractivity (Wildman–Crippen MR) is 177 cm³/mol.